The molecule has 0 atom stereocenters. The van der Waals surface area contributed by atoms with Gasteiger partial charge in [-0.3, -0.25) is 4.79 Å². The summed E-state index contributed by atoms with van der Waals surface area (Å²) in [7, 11) is 3.42. The number of amides is 1. The first kappa shape index (κ1) is 18.8. The Bertz CT molecular complexity index is 738. The van der Waals surface area contributed by atoms with Gasteiger partial charge in [-0.2, -0.15) is 0 Å². The molecule has 0 aliphatic carbocycles. The molecule has 2 rings (SSSR count). The van der Waals surface area contributed by atoms with E-state index >= 15 is 0 Å². The van der Waals surface area contributed by atoms with Gasteiger partial charge >= 0.3 is 0 Å². The number of hydrogen-bond acceptors (Lipinski definition) is 2. The molecule has 25 heavy (non-hydrogen) atoms. The summed E-state index contributed by atoms with van der Waals surface area (Å²) in [6.45, 7) is 3.58. The number of carbonyl (C=O) groups excluding carboxylic acids is 1. The van der Waals surface area contributed by atoms with E-state index in [1.54, 1.807) is 26.2 Å². The van der Waals surface area contributed by atoms with Crippen molar-refractivity contribution in [3.8, 4) is 0 Å². The van der Waals surface area contributed by atoms with Gasteiger partial charge in [0.15, 0.2) is 5.96 Å². The normalized spacial score (nSPS) is 11.6. The lowest BCUT2D eigenvalue weighted by Crippen LogP contribution is -2.39. The highest BCUT2D eigenvalue weighted by atomic mass is 19.1. The largest absolute Gasteiger partial charge is 0.361 e. The quantitative estimate of drug-likeness (QED) is 0.529. The monoisotopic (exact) mass is 347 g/mol. The summed E-state index contributed by atoms with van der Waals surface area (Å²) in [6.07, 6.45) is 3.58. The van der Waals surface area contributed by atoms with E-state index < -0.39 is 0 Å². The highest BCUT2D eigenvalue weighted by molar-refractivity contribution is 5.85. The molecule has 0 aliphatic rings. The summed E-state index contributed by atoms with van der Waals surface area (Å²) in [5, 5.41) is 7.31. The predicted octanol–water partition coefficient (Wildman–Crippen LogP) is 1.88. The van der Waals surface area contributed by atoms with Gasteiger partial charge in [-0.15, -0.1) is 0 Å². The number of guanidine groups is 1. The molecule has 136 valence electrons. The zero-order chi connectivity index (χ0) is 18.2. The zero-order valence-electron chi connectivity index (χ0n) is 15.0. The lowest BCUT2D eigenvalue weighted by molar-refractivity contribution is -0.127. The second kappa shape index (κ2) is 9.05. The second-order valence-corrected chi connectivity index (χ2v) is 6.06. The summed E-state index contributed by atoms with van der Waals surface area (Å²) >= 11 is 0. The highest BCUT2D eigenvalue weighted by Gasteiger charge is 2.07. The lowest BCUT2D eigenvalue weighted by atomic mass is 10.1. The average molecular weight is 347 g/mol. The van der Waals surface area contributed by atoms with Crippen LogP contribution in [-0.2, 0) is 11.2 Å². The Kier molecular flexibility index (Phi) is 6.80. The number of halogens is 1. The number of fused-ring (bicyclic) bond motifs is 1. The Labute approximate surface area is 147 Å². The third-order valence-electron chi connectivity index (χ3n) is 3.83. The Morgan fingerprint density at radius 1 is 1.28 bits per heavy atom. The van der Waals surface area contributed by atoms with Crippen LogP contribution in [0.1, 0.15) is 18.9 Å². The highest BCUT2D eigenvalue weighted by Crippen LogP contribution is 2.19. The number of hydrogen-bond donors (Lipinski definition) is 3. The average Bonchev–Trinajstić information content (AvgIpc) is 2.98. The van der Waals surface area contributed by atoms with Gasteiger partial charge in [0.2, 0.25) is 5.91 Å². The molecule has 1 heterocycles. The molecule has 1 aromatic heterocycles. The van der Waals surface area contributed by atoms with Crippen LogP contribution >= 0.6 is 0 Å². The Balaban J connectivity index is 1.95. The zero-order valence-corrected chi connectivity index (χ0v) is 15.0. The number of nitrogens with zero attached hydrogens (tertiary/aromatic N) is 2. The molecule has 2 aromatic rings. The molecule has 1 amide bonds. The molecular weight excluding hydrogens is 321 g/mol. The van der Waals surface area contributed by atoms with Crippen LogP contribution in [0.5, 0.6) is 0 Å². The molecule has 0 radical (unpaired) electrons. The Morgan fingerprint density at radius 3 is 2.76 bits per heavy atom. The SMILES string of the molecule is CCCNC(=NCC(=O)N(C)C)NCCc1c[nH]c2ccc(F)cc12. The van der Waals surface area contributed by atoms with Crippen molar-refractivity contribution in [2.75, 3.05) is 33.7 Å². The minimum Gasteiger partial charge on any atom is -0.361 e. The van der Waals surface area contributed by atoms with Crippen LogP contribution in [0.25, 0.3) is 10.9 Å². The summed E-state index contributed by atoms with van der Waals surface area (Å²) in [5.41, 5.74) is 1.96. The van der Waals surface area contributed by atoms with E-state index in [9.17, 15) is 9.18 Å². The van der Waals surface area contributed by atoms with Crippen LogP contribution in [0.2, 0.25) is 0 Å². The van der Waals surface area contributed by atoms with E-state index in [0.717, 1.165) is 35.9 Å². The number of benzene rings is 1. The fourth-order valence-electron chi connectivity index (χ4n) is 2.38. The Morgan fingerprint density at radius 2 is 2.04 bits per heavy atom. The third-order valence-corrected chi connectivity index (χ3v) is 3.83. The van der Waals surface area contributed by atoms with Crippen LogP contribution in [0.15, 0.2) is 29.4 Å². The number of likely N-dealkylation sites (N-methyl/N-ethyl adjacent to an activating group) is 1. The fraction of sp³-hybridized carbons (Fsp3) is 0.444. The van der Waals surface area contributed by atoms with Crippen molar-refractivity contribution < 1.29 is 9.18 Å². The number of nitrogens with one attached hydrogen (secondary N) is 3. The molecule has 7 heteroatoms. The maximum atomic E-state index is 13.4. The lowest BCUT2D eigenvalue weighted by Gasteiger charge is -2.13. The van der Waals surface area contributed by atoms with Crippen molar-refractivity contribution in [3.63, 3.8) is 0 Å². The number of aliphatic imine (C=N–C) groups is 1. The van der Waals surface area contributed by atoms with Crippen molar-refractivity contribution in [2.45, 2.75) is 19.8 Å². The van der Waals surface area contributed by atoms with Gasteiger partial charge in [-0.05, 0) is 36.6 Å². The first-order chi connectivity index (χ1) is 12.0. The van der Waals surface area contributed by atoms with Crippen molar-refractivity contribution in [1.82, 2.24) is 20.5 Å². The number of aromatic nitrogens is 1. The van der Waals surface area contributed by atoms with Crippen LogP contribution in [0.3, 0.4) is 0 Å². The second-order valence-electron chi connectivity index (χ2n) is 6.06. The van der Waals surface area contributed by atoms with E-state index in [1.807, 2.05) is 6.20 Å². The van der Waals surface area contributed by atoms with E-state index in [2.05, 4.69) is 27.5 Å². The maximum Gasteiger partial charge on any atom is 0.243 e. The molecule has 6 nitrogen and oxygen atoms in total. The number of rotatable bonds is 7. The minimum absolute atomic E-state index is 0.0512. The molecule has 0 bridgehead atoms. The Hall–Kier alpha value is -2.57. The number of carbonyl (C=O) groups is 1. The standard InChI is InChI=1S/C18H26FN5O/c1-4-8-20-18(23-12-17(25)24(2)3)21-9-7-13-11-22-16-6-5-14(19)10-15(13)16/h5-6,10-11,22H,4,7-9,12H2,1-3H3,(H2,20,21,23). The van der Waals surface area contributed by atoms with Crippen molar-refractivity contribution in [1.29, 1.82) is 0 Å². The van der Waals surface area contributed by atoms with Gasteiger partial charge in [0, 0.05) is 44.3 Å². The van der Waals surface area contributed by atoms with Gasteiger partial charge in [0.25, 0.3) is 0 Å². The van der Waals surface area contributed by atoms with Crippen molar-refractivity contribution in [3.05, 3.63) is 35.8 Å². The third kappa shape index (κ3) is 5.48. The fourth-order valence-corrected chi connectivity index (χ4v) is 2.38. The van der Waals surface area contributed by atoms with Gasteiger partial charge in [0.05, 0.1) is 0 Å². The van der Waals surface area contributed by atoms with Crippen LogP contribution in [-0.4, -0.2) is 55.5 Å². The molecule has 0 saturated heterocycles. The summed E-state index contributed by atoms with van der Waals surface area (Å²) in [4.78, 5) is 20.7. The van der Waals surface area contributed by atoms with Gasteiger partial charge < -0.3 is 20.5 Å². The van der Waals surface area contributed by atoms with E-state index in [4.69, 9.17) is 0 Å². The molecule has 0 aliphatic heterocycles. The molecule has 0 fully saturated rings. The van der Waals surface area contributed by atoms with Crippen LogP contribution < -0.4 is 10.6 Å². The molecule has 1 aromatic carbocycles. The van der Waals surface area contributed by atoms with Gasteiger partial charge in [0.1, 0.15) is 12.4 Å². The minimum atomic E-state index is -0.240. The number of H-pyrrole nitrogens is 1. The van der Waals surface area contributed by atoms with E-state index in [-0.39, 0.29) is 18.3 Å². The number of aromatic amines is 1. The summed E-state index contributed by atoms with van der Waals surface area (Å²) in [6, 6.07) is 4.73. The first-order valence-corrected chi connectivity index (χ1v) is 8.49. The molecule has 0 saturated carbocycles. The van der Waals surface area contributed by atoms with Gasteiger partial charge in [-0.25, -0.2) is 9.38 Å². The predicted molar refractivity (Wildman–Crippen MR) is 99.3 cm³/mol. The summed E-state index contributed by atoms with van der Waals surface area (Å²) < 4.78 is 13.4. The molecule has 0 unspecified atom stereocenters. The summed E-state index contributed by atoms with van der Waals surface area (Å²) in [5.74, 6) is 0.322. The molecule has 0 spiro atoms. The first-order valence-electron chi connectivity index (χ1n) is 8.49. The molecule has 3 N–H and O–H groups in total. The van der Waals surface area contributed by atoms with Crippen molar-refractivity contribution >= 4 is 22.8 Å². The molecular formula is C18H26FN5O. The van der Waals surface area contributed by atoms with Gasteiger partial charge in [-0.1, -0.05) is 6.92 Å². The van der Waals surface area contributed by atoms with Crippen LogP contribution in [0, 0.1) is 5.82 Å². The van der Waals surface area contributed by atoms with E-state index in [1.165, 1.54) is 11.0 Å². The van der Waals surface area contributed by atoms with Crippen LogP contribution in [0.4, 0.5) is 4.39 Å². The van der Waals surface area contributed by atoms with Crippen molar-refractivity contribution in [2.24, 2.45) is 4.99 Å². The topological polar surface area (TPSA) is 72.5 Å². The maximum absolute atomic E-state index is 13.4. The van der Waals surface area contributed by atoms with E-state index in [0.29, 0.717) is 12.5 Å². The smallest absolute Gasteiger partial charge is 0.243 e.